The SMILES string of the molecule is Cl.Nc1cccc2c1CCCN2C(=O)C1CC1c1cccc(C(F)(F)F)c1. The van der Waals surface area contributed by atoms with E-state index in [-0.39, 0.29) is 30.2 Å². The van der Waals surface area contributed by atoms with E-state index in [1.54, 1.807) is 11.0 Å². The number of nitrogen functional groups attached to an aromatic ring is 1. The van der Waals surface area contributed by atoms with Gasteiger partial charge in [-0.25, -0.2) is 0 Å². The Morgan fingerprint density at radius 2 is 1.89 bits per heavy atom. The molecule has 2 atom stereocenters. The van der Waals surface area contributed by atoms with Crippen LogP contribution in [0.1, 0.15) is 35.4 Å². The van der Waals surface area contributed by atoms with E-state index in [0.717, 1.165) is 30.2 Å². The van der Waals surface area contributed by atoms with Gasteiger partial charge >= 0.3 is 6.18 Å². The molecule has 2 N–H and O–H groups in total. The third kappa shape index (κ3) is 3.63. The average molecular weight is 397 g/mol. The second-order valence-electron chi connectivity index (χ2n) is 7.01. The number of hydrogen-bond acceptors (Lipinski definition) is 2. The van der Waals surface area contributed by atoms with Gasteiger partial charge in [-0.1, -0.05) is 24.3 Å². The zero-order valence-corrected chi connectivity index (χ0v) is 15.3. The molecule has 0 bridgehead atoms. The topological polar surface area (TPSA) is 46.3 Å². The number of amides is 1. The molecule has 1 saturated carbocycles. The van der Waals surface area contributed by atoms with E-state index in [9.17, 15) is 18.0 Å². The first kappa shape index (κ1) is 19.5. The number of nitrogens with zero attached hydrogens (tertiary/aromatic N) is 1. The second kappa shape index (κ2) is 7.08. The van der Waals surface area contributed by atoms with Gasteiger partial charge in [-0.3, -0.25) is 4.79 Å². The van der Waals surface area contributed by atoms with Crippen molar-refractivity contribution < 1.29 is 18.0 Å². The number of halogens is 4. The molecule has 1 heterocycles. The van der Waals surface area contributed by atoms with E-state index >= 15 is 0 Å². The molecular formula is C20H20ClF3N2O. The van der Waals surface area contributed by atoms with Gasteiger partial charge in [0.05, 0.1) is 5.56 Å². The molecule has 0 radical (unpaired) electrons. The van der Waals surface area contributed by atoms with E-state index < -0.39 is 11.7 Å². The van der Waals surface area contributed by atoms with E-state index in [0.29, 0.717) is 24.2 Å². The highest BCUT2D eigenvalue weighted by Gasteiger charge is 2.47. The summed E-state index contributed by atoms with van der Waals surface area (Å²) in [5.41, 5.74) is 8.47. The summed E-state index contributed by atoms with van der Waals surface area (Å²) < 4.78 is 38.7. The molecule has 0 spiro atoms. The molecule has 0 saturated heterocycles. The zero-order chi connectivity index (χ0) is 18.5. The van der Waals surface area contributed by atoms with Gasteiger partial charge in [0.15, 0.2) is 0 Å². The van der Waals surface area contributed by atoms with Crippen molar-refractivity contribution in [3.8, 4) is 0 Å². The molecule has 3 nitrogen and oxygen atoms in total. The second-order valence-corrected chi connectivity index (χ2v) is 7.01. The van der Waals surface area contributed by atoms with E-state index in [1.165, 1.54) is 12.1 Å². The van der Waals surface area contributed by atoms with Gasteiger partial charge in [-0.2, -0.15) is 13.2 Å². The van der Waals surface area contributed by atoms with E-state index in [4.69, 9.17) is 5.73 Å². The molecule has 27 heavy (non-hydrogen) atoms. The van der Waals surface area contributed by atoms with Crippen molar-refractivity contribution in [3.63, 3.8) is 0 Å². The fraction of sp³-hybridized carbons (Fsp3) is 0.350. The minimum absolute atomic E-state index is 0. The quantitative estimate of drug-likeness (QED) is 0.742. The predicted octanol–water partition coefficient (Wildman–Crippen LogP) is 4.79. The van der Waals surface area contributed by atoms with Crippen molar-refractivity contribution in [2.45, 2.75) is 31.4 Å². The van der Waals surface area contributed by atoms with Gasteiger partial charge in [-0.15, -0.1) is 12.4 Å². The summed E-state index contributed by atoms with van der Waals surface area (Å²) in [5.74, 6) is -0.416. The number of rotatable bonds is 2. The maximum Gasteiger partial charge on any atom is 0.416 e. The van der Waals surface area contributed by atoms with Crippen molar-refractivity contribution in [2.75, 3.05) is 17.2 Å². The van der Waals surface area contributed by atoms with Crippen molar-refractivity contribution in [1.29, 1.82) is 0 Å². The van der Waals surface area contributed by atoms with Crippen LogP contribution in [0.15, 0.2) is 42.5 Å². The van der Waals surface area contributed by atoms with Crippen molar-refractivity contribution in [1.82, 2.24) is 0 Å². The molecule has 2 aromatic rings. The molecule has 2 unspecified atom stereocenters. The van der Waals surface area contributed by atoms with Crippen LogP contribution in [0.3, 0.4) is 0 Å². The van der Waals surface area contributed by atoms with E-state index in [1.807, 2.05) is 18.2 Å². The Morgan fingerprint density at radius 3 is 2.63 bits per heavy atom. The molecule has 144 valence electrons. The summed E-state index contributed by atoms with van der Waals surface area (Å²) in [4.78, 5) is 14.7. The molecule has 4 rings (SSSR count). The largest absolute Gasteiger partial charge is 0.416 e. The molecule has 1 amide bonds. The lowest BCUT2D eigenvalue weighted by molar-refractivity contribution is -0.137. The molecule has 1 aliphatic carbocycles. The molecular weight excluding hydrogens is 377 g/mol. The van der Waals surface area contributed by atoms with Crippen molar-refractivity contribution in [2.24, 2.45) is 5.92 Å². The van der Waals surface area contributed by atoms with Crippen LogP contribution >= 0.6 is 12.4 Å². The van der Waals surface area contributed by atoms with Crippen LogP contribution in [0.25, 0.3) is 0 Å². The summed E-state index contributed by atoms with van der Waals surface area (Å²) in [6, 6.07) is 10.9. The number of nitrogens with two attached hydrogens (primary N) is 1. The van der Waals surface area contributed by atoms with Crippen LogP contribution in [0, 0.1) is 5.92 Å². The van der Waals surface area contributed by atoms with Crippen LogP contribution in [0.5, 0.6) is 0 Å². The highest BCUT2D eigenvalue weighted by molar-refractivity contribution is 5.99. The van der Waals surface area contributed by atoms with Gasteiger partial charge in [-0.05, 0) is 54.5 Å². The first-order valence-electron chi connectivity index (χ1n) is 8.72. The normalized spacial score (nSPS) is 21.2. The summed E-state index contributed by atoms with van der Waals surface area (Å²) in [7, 11) is 0. The van der Waals surface area contributed by atoms with Gasteiger partial charge < -0.3 is 10.6 Å². The summed E-state index contributed by atoms with van der Waals surface area (Å²) >= 11 is 0. The summed E-state index contributed by atoms with van der Waals surface area (Å²) in [6.07, 6.45) is -2.09. The lowest BCUT2D eigenvalue weighted by Gasteiger charge is -2.30. The van der Waals surface area contributed by atoms with Crippen LogP contribution in [0.2, 0.25) is 0 Å². The van der Waals surface area contributed by atoms with Gasteiger partial charge in [0.25, 0.3) is 0 Å². The number of benzene rings is 2. The van der Waals surface area contributed by atoms with Gasteiger partial charge in [0, 0.05) is 23.8 Å². The Hall–Kier alpha value is -2.21. The van der Waals surface area contributed by atoms with Crippen LogP contribution < -0.4 is 10.6 Å². The minimum atomic E-state index is -4.37. The number of anilines is 2. The van der Waals surface area contributed by atoms with Crippen LogP contribution in [-0.4, -0.2) is 12.5 Å². The first-order valence-corrected chi connectivity index (χ1v) is 8.72. The highest BCUT2D eigenvalue weighted by Crippen LogP contribution is 2.50. The fourth-order valence-electron chi connectivity index (χ4n) is 3.86. The van der Waals surface area contributed by atoms with E-state index in [2.05, 4.69) is 0 Å². The Bertz CT molecular complexity index is 869. The maximum absolute atomic E-state index is 13.0. The monoisotopic (exact) mass is 396 g/mol. The predicted molar refractivity (Wildman–Crippen MR) is 101 cm³/mol. The Balaban J connectivity index is 0.00000210. The fourth-order valence-corrected chi connectivity index (χ4v) is 3.86. The summed E-state index contributed by atoms with van der Waals surface area (Å²) in [5, 5.41) is 0. The highest BCUT2D eigenvalue weighted by atomic mass is 35.5. The standard InChI is InChI=1S/C20H19F3N2O.ClH/c21-20(22,23)13-5-1-4-12(10-13)15-11-16(15)19(26)25-9-3-6-14-17(24)7-2-8-18(14)25;/h1-2,4-5,7-8,10,15-16H,3,6,9,11,24H2;1H. The van der Waals surface area contributed by atoms with Gasteiger partial charge in [0.2, 0.25) is 5.91 Å². The zero-order valence-electron chi connectivity index (χ0n) is 14.5. The van der Waals surface area contributed by atoms with Crippen LogP contribution in [0.4, 0.5) is 24.5 Å². The average Bonchev–Trinajstić information content (AvgIpc) is 3.41. The van der Waals surface area contributed by atoms with Gasteiger partial charge in [0.1, 0.15) is 0 Å². The lowest BCUT2D eigenvalue weighted by Crippen LogP contribution is -2.37. The molecule has 0 aromatic heterocycles. The molecule has 7 heteroatoms. The Morgan fingerprint density at radius 1 is 1.15 bits per heavy atom. The lowest BCUT2D eigenvalue weighted by atomic mass is 9.99. The summed E-state index contributed by atoms with van der Waals surface area (Å²) in [6.45, 7) is 0.626. The maximum atomic E-state index is 13.0. The number of hydrogen-bond donors (Lipinski definition) is 1. The van der Waals surface area contributed by atoms with Crippen molar-refractivity contribution in [3.05, 3.63) is 59.2 Å². The van der Waals surface area contributed by atoms with Crippen LogP contribution in [-0.2, 0) is 17.4 Å². The Kier molecular flexibility index (Phi) is 5.12. The number of fused-ring (bicyclic) bond motifs is 1. The first-order chi connectivity index (χ1) is 12.4. The third-order valence-corrected chi connectivity index (χ3v) is 5.30. The third-order valence-electron chi connectivity index (χ3n) is 5.30. The number of carbonyl (C=O) groups is 1. The van der Waals surface area contributed by atoms with Crippen molar-refractivity contribution >= 4 is 29.7 Å². The number of carbonyl (C=O) groups excluding carboxylic acids is 1. The molecule has 2 aromatic carbocycles. The molecule has 1 aliphatic heterocycles. The molecule has 2 aliphatic rings. The minimum Gasteiger partial charge on any atom is -0.398 e. The smallest absolute Gasteiger partial charge is 0.398 e. The Labute approximate surface area is 161 Å². The number of alkyl halides is 3. The molecule has 1 fully saturated rings.